The predicted octanol–water partition coefficient (Wildman–Crippen LogP) is 2.65. The molecule has 1 fully saturated rings. The number of nitrogen functional groups attached to an aromatic ring is 1. The van der Waals surface area contributed by atoms with Crippen LogP contribution in [0.15, 0.2) is 0 Å². The number of anilines is 1. The Bertz CT molecular complexity index is 478. The van der Waals surface area contributed by atoms with Gasteiger partial charge in [0.25, 0.3) is 0 Å². The summed E-state index contributed by atoms with van der Waals surface area (Å²) in [6.07, 6.45) is 3.96. The largest absolute Gasteiger partial charge is 0.367 e. The summed E-state index contributed by atoms with van der Waals surface area (Å²) in [5.41, 5.74) is 2.08. The summed E-state index contributed by atoms with van der Waals surface area (Å²) in [4.78, 5) is 8.58. The van der Waals surface area contributed by atoms with Gasteiger partial charge in [-0.05, 0) is 39.0 Å². The summed E-state index contributed by atoms with van der Waals surface area (Å²) in [7, 11) is 0. The molecule has 0 saturated heterocycles. The topological polar surface area (TPSA) is 73.1 Å². The molecule has 1 aromatic heterocycles. The van der Waals surface area contributed by atoms with Crippen LogP contribution in [0.2, 0.25) is 0 Å². The second-order valence-electron chi connectivity index (χ2n) is 5.57. The maximum atomic E-state index is 13.8. The molecule has 0 aliphatic heterocycles. The van der Waals surface area contributed by atoms with Crippen molar-refractivity contribution in [1.82, 2.24) is 9.97 Å². The molecule has 0 bridgehead atoms. The van der Waals surface area contributed by atoms with Crippen LogP contribution < -0.4 is 11.3 Å². The first kappa shape index (κ1) is 15.1. The number of halogens is 1. The van der Waals surface area contributed by atoms with Gasteiger partial charge in [-0.15, -0.1) is 0 Å². The molecule has 2 rings (SSSR count). The van der Waals surface area contributed by atoms with E-state index in [0.717, 1.165) is 19.3 Å². The highest BCUT2D eigenvalue weighted by Crippen LogP contribution is 2.42. The van der Waals surface area contributed by atoms with E-state index in [4.69, 9.17) is 10.6 Å². The van der Waals surface area contributed by atoms with Crippen molar-refractivity contribution in [2.45, 2.75) is 52.1 Å². The van der Waals surface area contributed by atoms with E-state index in [2.05, 4.69) is 22.3 Å². The van der Waals surface area contributed by atoms with Crippen LogP contribution >= 0.6 is 0 Å². The molecule has 2 unspecified atom stereocenters. The Hall–Kier alpha value is -1.27. The minimum Gasteiger partial charge on any atom is -0.367 e. The average molecular weight is 282 g/mol. The number of hydrogen-bond donors (Lipinski definition) is 2. The van der Waals surface area contributed by atoms with Crippen LogP contribution in [-0.4, -0.2) is 16.6 Å². The lowest BCUT2D eigenvalue weighted by molar-refractivity contribution is -0.0881. The summed E-state index contributed by atoms with van der Waals surface area (Å²) in [5, 5.41) is 0. The fourth-order valence-electron chi connectivity index (χ4n) is 3.04. The van der Waals surface area contributed by atoms with Crippen LogP contribution in [-0.2, 0) is 10.3 Å². The van der Waals surface area contributed by atoms with Crippen molar-refractivity contribution in [3.63, 3.8) is 0 Å². The van der Waals surface area contributed by atoms with Gasteiger partial charge in [0.1, 0.15) is 5.60 Å². The lowest BCUT2D eigenvalue weighted by Gasteiger charge is -2.38. The predicted molar refractivity (Wildman–Crippen MR) is 75.5 cm³/mol. The lowest BCUT2D eigenvalue weighted by atomic mass is 9.78. The highest BCUT2D eigenvalue weighted by atomic mass is 19.1. The monoisotopic (exact) mass is 282 g/mol. The molecule has 0 spiro atoms. The highest BCUT2D eigenvalue weighted by molar-refractivity contribution is 5.37. The normalized spacial score (nSPS) is 26.6. The number of ether oxygens (including phenoxy) is 1. The zero-order valence-corrected chi connectivity index (χ0v) is 12.4. The molecule has 1 aliphatic rings. The van der Waals surface area contributed by atoms with E-state index in [-0.39, 0.29) is 5.82 Å². The van der Waals surface area contributed by atoms with Gasteiger partial charge in [-0.2, -0.15) is 0 Å². The van der Waals surface area contributed by atoms with Gasteiger partial charge in [0.2, 0.25) is 0 Å². The maximum Gasteiger partial charge on any atom is 0.187 e. The van der Waals surface area contributed by atoms with Crippen LogP contribution in [0.3, 0.4) is 0 Å². The van der Waals surface area contributed by atoms with E-state index in [9.17, 15) is 4.39 Å². The van der Waals surface area contributed by atoms with Crippen LogP contribution in [0.25, 0.3) is 0 Å². The molecule has 0 radical (unpaired) electrons. The highest BCUT2D eigenvalue weighted by Gasteiger charge is 2.40. The zero-order valence-electron chi connectivity index (χ0n) is 12.4. The molecule has 6 heteroatoms. The van der Waals surface area contributed by atoms with Gasteiger partial charge in [0.05, 0.1) is 5.69 Å². The molecule has 2 atom stereocenters. The molecule has 20 heavy (non-hydrogen) atoms. The van der Waals surface area contributed by atoms with Crippen molar-refractivity contribution in [3.8, 4) is 0 Å². The molecule has 1 aliphatic carbocycles. The third-order valence-electron chi connectivity index (χ3n) is 3.94. The van der Waals surface area contributed by atoms with E-state index in [1.807, 2.05) is 6.92 Å². The standard InChI is InChI=1S/C14H23FN4O/c1-4-20-14(7-5-6-9(2)8-14)13-17-10(3)11(15)12(18-13)19-16/h9H,4-8,16H2,1-3H3,(H,17,18,19). The molecule has 0 aromatic carbocycles. The quantitative estimate of drug-likeness (QED) is 0.656. The first-order chi connectivity index (χ1) is 9.52. The Morgan fingerprint density at radius 2 is 2.25 bits per heavy atom. The number of nitrogens with two attached hydrogens (primary N) is 1. The molecule has 5 nitrogen and oxygen atoms in total. The number of nitrogens with one attached hydrogen (secondary N) is 1. The van der Waals surface area contributed by atoms with Gasteiger partial charge in [0, 0.05) is 6.61 Å². The average Bonchev–Trinajstić information content (AvgIpc) is 2.42. The fourth-order valence-corrected chi connectivity index (χ4v) is 3.04. The second kappa shape index (κ2) is 6.01. The van der Waals surface area contributed by atoms with Crippen LogP contribution in [0, 0.1) is 18.7 Å². The Morgan fingerprint density at radius 3 is 2.85 bits per heavy atom. The van der Waals surface area contributed by atoms with Gasteiger partial charge >= 0.3 is 0 Å². The second-order valence-corrected chi connectivity index (χ2v) is 5.57. The Labute approximate surface area is 119 Å². The van der Waals surface area contributed by atoms with Crippen molar-refractivity contribution in [1.29, 1.82) is 0 Å². The van der Waals surface area contributed by atoms with Crippen LogP contribution in [0.4, 0.5) is 10.2 Å². The molecule has 1 aromatic rings. The van der Waals surface area contributed by atoms with Gasteiger partial charge in [-0.3, -0.25) is 0 Å². The smallest absolute Gasteiger partial charge is 0.187 e. The summed E-state index contributed by atoms with van der Waals surface area (Å²) in [5.74, 6) is 5.95. The molecule has 1 saturated carbocycles. The van der Waals surface area contributed by atoms with Crippen molar-refractivity contribution >= 4 is 5.82 Å². The van der Waals surface area contributed by atoms with Gasteiger partial charge < -0.3 is 10.2 Å². The first-order valence-corrected chi connectivity index (χ1v) is 7.17. The number of hydrazine groups is 1. The zero-order chi connectivity index (χ0) is 14.8. The van der Waals surface area contributed by atoms with E-state index in [0.29, 0.717) is 24.0 Å². The summed E-state index contributed by atoms with van der Waals surface area (Å²) in [6.45, 7) is 6.36. The Morgan fingerprint density at radius 1 is 1.50 bits per heavy atom. The SMILES string of the molecule is CCOC1(c2nc(C)c(F)c(NN)n2)CCCC(C)C1. The summed E-state index contributed by atoms with van der Waals surface area (Å²) in [6, 6.07) is 0. The first-order valence-electron chi connectivity index (χ1n) is 7.17. The van der Waals surface area contributed by atoms with Crippen molar-refractivity contribution in [2.24, 2.45) is 11.8 Å². The summed E-state index contributed by atoms with van der Waals surface area (Å²) < 4.78 is 19.8. The number of nitrogens with zero attached hydrogens (tertiary/aromatic N) is 2. The number of rotatable bonds is 4. The molecular weight excluding hydrogens is 259 g/mol. The summed E-state index contributed by atoms with van der Waals surface area (Å²) >= 11 is 0. The molecule has 112 valence electrons. The third kappa shape index (κ3) is 2.76. The molecule has 0 amide bonds. The minimum atomic E-state index is -0.517. The van der Waals surface area contributed by atoms with Crippen LogP contribution in [0.5, 0.6) is 0 Å². The molecule has 3 N–H and O–H groups in total. The Balaban J connectivity index is 2.46. The van der Waals surface area contributed by atoms with E-state index < -0.39 is 11.4 Å². The van der Waals surface area contributed by atoms with Gasteiger partial charge in [-0.25, -0.2) is 20.2 Å². The fraction of sp³-hybridized carbons (Fsp3) is 0.714. The van der Waals surface area contributed by atoms with Crippen LogP contribution in [0.1, 0.15) is 51.0 Å². The lowest BCUT2D eigenvalue weighted by Crippen LogP contribution is -2.37. The number of aryl methyl sites for hydroxylation is 1. The van der Waals surface area contributed by atoms with Crippen molar-refractivity contribution < 1.29 is 9.13 Å². The third-order valence-corrected chi connectivity index (χ3v) is 3.94. The van der Waals surface area contributed by atoms with Gasteiger partial charge in [-0.1, -0.05) is 13.3 Å². The molecular formula is C14H23FN4O. The molecule has 1 heterocycles. The van der Waals surface area contributed by atoms with E-state index >= 15 is 0 Å². The Kier molecular flexibility index (Phi) is 4.55. The number of hydrogen-bond acceptors (Lipinski definition) is 5. The number of aromatic nitrogens is 2. The maximum absolute atomic E-state index is 13.8. The van der Waals surface area contributed by atoms with E-state index in [1.165, 1.54) is 6.42 Å². The van der Waals surface area contributed by atoms with E-state index in [1.54, 1.807) is 6.92 Å². The van der Waals surface area contributed by atoms with Crippen molar-refractivity contribution in [2.75, 3.05) is 12.0 Å². The van der Waals surface area contributed by atoms with Crippen molar-refractivity contribution in [3.05, 3.63) is 17.3 Å². The van der Waals surface area contributed by atoms with Gasteiger partial charge in [0.15, 0.2) is 17.5 Å². The minimum absolute atomic E-state index is 0.0322.